The average molecular weight is 489 g/mol. The van der Waals surface area contributed by atoms with Crippen LogP contribution in [0.1, 0.15) is 35.8 Å². The topological polar surface area (TPSA) is 95.5 Å². The summed E-state index contributed by atoms with van der Waals surface area (Å²) >= 11 is 1.42. The number of benzene rings is 3. The number of amides is 2. The number of thioether (sulfide) groups is 1. The van der Waals surface area contributed by atoms with Crippen LogP contribution >= 0.6 is 11.8 Å². The number of carboxylic acid groups (broad SMARTS) is 1. The van der Waals surface area contributed by atoms with Gasteiger partial charge in [0.25, 0.3) is 0 Å². The molecule has 0 heterocycles. The van der Waals surface area contributed by atoms with Crippen LogP contribution in [0.2, 0.25) is 0 Å². The fourth-order valence-electron chi connectivity index (χ4n) is 3.48. The normalized spacial score (nSPS) is 12.0. The van der Waals surface area contributed by atoms with Gasteiger partial charge in [-0.05, 0) is 61.2 Å². The molecule has 180 valence electrons. The van der Waals surface area contributed by atoms with Gasteiger partial charge in [-0.1, -0.05) is 55.5 Å². The van der Waals surface area contributed by atoms with Crippen LogP contribution < -0.4 is 10.6 Å². The maximum Gasteiger partial charge on any atom is 0.331 e. The Labute approximate surface area is 209 Å². The minimum atomic E-state index is -1.14. The van der Waals surface area contributed by atoms with Gasteiger partial charge in [0.1, 0.15) is 5.25 Å². The lowest BCUT2D eigenvalue weighted by Crippen LogP contribution is -2.20. The van der Waals surface area contributed by atoms with Crippen LogP contribution in [0.15, 0.2) is 89.3 Å². The predicted octanol–water partition coefficient (Wildman–Crippen LogP) is 6.00. The number of anilines is 2. The molecule has 3 aromatic rings. The van der Waals surface area contributed by atoms with E-state index in [1.807, 2.05) is 67.6 Å². The Bertz CT molecular complexity index is 1240. The summed E-state index contributed by atoms with van der Waals surface area (Å²) in [6.07, 6.45) is 1.85. The molecule has 0 saturated carbocycles. The van der Waals surface area contributed by atoms with E-state index in [1.54, 1.807) is 12.1 Å². The van der Waals surface area contributed by atoms with E-state index in [9.17, 15) is 14.4 Å². The van der Waals surface area contributed by atoms with Crippen molar-refractivity contribution in [2.45, 2.75) is 37.3 Å². The second-order valence-electron chi connectivity index (χ2n) is 8.01. The van der Waals surface area contributed by atoms with E-state index in [4.69, 9.17) is 5.11 Å². The van der Waals surface area contributed by atoms with Crippen molar-refractivity contribution in [1.29, 1.82) is 0 Å². The molecule has 35 heavy (non-hydrogen) atoms. The van der Waals surface area contributed by atoms with E-state index in [2.05, 4.69) is 17.6 Å². The minimum absolute atomic E-state index is 0.0497. The summed E-state index contributed by atoms with van der Waals surface area (Å²) in [6.45, 7) is 5.41. The van der Waals surface area contributed by atoms with Crippen LogP contribution in [0.25, 0.3) is 0 Å². The van der Waals surface area contributed by atoms with E-state index >= 15 is 0 Å². The van der Waals surface area contributed by atoms with Crippen molar-refractivity contribution >= 4 is 40.9 Å². The Balaban J connectivity index is 1.80. The van der Waals surface area contributed by atoms with Gasteiger partial charge in [0.05, 0.1) is 0 Å². The smallest absolute Gasteiger partial charge is 0.331 e. The summed E-state index contributed by atoms with van der Waals surface area (Å²) in [5.41, 5.74) is 4.31. The number of carbonyl (C=O) groups is 3. The highest BCUT2D eigenvalue weighted by Crippen LogP contribution is 2.37. The van der Waals surface area contributed by atoms with Crippen LogP contribution in [0.4, 0.5) is 11.4 Å². The predicted molar refractivity (Wildman–Crippen MR) is 141 cm³/mol. The largest absolute Gasteiger partial charge is 0.478 e. The van der Waals surface area contributed by atoms with Gasteiger partial charge in [-0.3, -0.25) is 9.59 Å². The van der Waals surface area contributed by atoms with Gasteiger partial charge in [0.2, 0.25) is 11.8 Å². The van der Waals surface area contributed by atoms with Gasteiger partial charge in [-0.2, -0.15) is 0 Å². The van der Waals surface area contributed by atoms with Gasteiger partial charge in [-0.25, -0.2) is 4.79 Å². The highest BCUT2D eigenvalue weighted by Gasteiger charge is 2.23. The third kappa shape index (κ3) is 7.07. The summed E-state index contributed by atoms with van der Waals surface area (Å²) in [5, 5.41) is 14.2. The number of nitrogens with one attached hydrogen (secondary N) is 2. The van der Waals surface area contributed by atoms with Crippen molar-refractivity contribution in [2.24, 2.45) is 0 Å². The molecule has 6 nitrogen and oxygen atoms in total. The lowest BCUT2D eigenvalue weighted by molar-refractivity contribution is -0.132. The fraction of sp³-hybridized carbons (Fsp3) is 0.179. The lowest BCUT2D eigenvalue weighted by atomic mass is 10.1. The van der Waals surface area contributed by atoms with E-state index in [-0.39, 0.29) is 11.5 Å². The summed E-state index contributed by atoms with van der Waals surface area (Å²) in [4.78, 5) is 37.2. The Kier molecular flexibility index (Phi) is 8.86. The van der Waals surface area contributed by atoms with Gasteiger partial charge >= 0.3 is 5.97 Å². The summed E-state index contributed by atoms with van der Waals surface area (Å²) in [5.74, 6) is -1.78. The Morgan fingerprint density at radius 2 is 1.63 bits per heavy atom. The van der Waals surface area contributed by atoms with E-state index in [1.165, 1.54) is 18.7 Å². The zero-order valence-corrected chi connectivity index (χ0v) is 20.7. The zero-order chi connectivity index (χ0) is 25.4. The number of carboxylic acids is 1. The van der Waals surface area contributed by atoms with E-state index in [0.29, 0.717) is 5.69 Å². The number of hydrogen-bond acceptors (Lipinski definition) is 4. The fourth-order valence-corrected chi connectivity index (χ4v) is 4.51. The molecule has 2 amide bonds. The standard InChI is InChI=1S/C28H28N2O4S/c1-4-20-12-8-9-18(2)25(20)30-27(32)26(21-10-6-5-7-11-21)35-23-15-13-22(14-16-23)29-24(31)17-19(3)28(33)34/h5-17,26H,4H2,1-3H3,(H,29,31)(H,30,32)(H,33,34)/b19-17-. The molecule has 1 unspecified atom stereocenters. The third-order valence-corrected chi connectivity index (χ3v) is 6.66. The van der Waals surface area contributed by atoms with Gasteiger partial charge in [0.15, 0.2) is 0 Å². The molecule has 0 saturated heterocycles. The molecule has 0 aliphatic carbocycles. The van der Waals surface area contributed by atoms with Crippen LogP contribution in [0.3, 0.4) is 0 Å². The maximum absolute atomic E-state index is 13.5. The first-order chi connectivity index (χ1) is 16.8. The van der Waals surface area contributed by atoms with Crippen LogP contribution in [-0.2, 0) is 20.8 Å². The highest BCUT2D eigenvalue weighted by atomic mass is 32.2. The quantitative estimate of drug-likeness (QED) is 0.254. The molecule has 3 aromatic carbocycles. The number of para-hydroxylation sites is 1. The minimum Gasteiger partial charge on any atom is -0.478 e. The van der Waals surface area contributed by atoms with Crippen molar-refractivity contribution in [3.05, 3.63) is 101 Å². The number of aliphatic carboxylic acids is 1. The molecular weight excluding hydrogens is 460 g/mol. The number of aryl methyl sites for hydroxylation is 2. The Morgan fingerprint density at radius 3 is 2.26 bits per heavy atom. The zero-order valence-electron chi connectivity index (χ0n) is 19.9. The molecule has 0 aromatic heterocycles. The lowest BCUT2D eigenvalue weighted by Gasteiger charge is -2.20. The molecule has 0 bridgehead atoms. The maximum atomic E-state index is 13.5. The van der Waals surface area contributed by atoms with Crippen molar-refractivity contribution in [2.75, 3.05) is 10.6 Å². The summed E-state index contributed by atoms with van der Waals surface area (Å²) < 4.78 is 0. The molecule has 3 N–H and O–H groups in total. The molecule has 7 heteroatoms. The third-order valence-electron chi connectivity index (χ3n) is 5.39. The molecule has 1 atom stereocenters. The summed E-state index contributed by atoms with van der Waals surface area (Å²) in [6, 6.07) is 22.7. The number of hydrogen-bond donors (Lipinski definition) is 3. The molecule has 0 aliphatic heterocycles. The monoisotopic (exact) mass is 488 g/mol. The Hall–Kier alpha value is -3.84. The van der Waals surface area contributed by atoms with E-state index in [0.717, 1.165) is 39.8 Å². The van der Waals surface area contributed by atoms with E-state index < -0.39 is 17.1 Å². The first kappa shape index (κ1) is 25.8. The second-order valence-corrected chi connectivity index (χ2v) is 9.19. The van der Waals surface area contributed by atoms with Gasteiger partial charge in [0, 0.05) is 27.9 Å². The van der Waals surface area contributed by atoms with Crippen LogP contribution in [0.5, 0.6) is 0 Å². The van der Waals surface area contributed by atoms with Crippen LogP contribution in [-0.4, -0.2) is 22.9 Å². The van der Waals surface area contributed by atoms with Crippen LogP contribution in [0, 0.1) is 6.92 Å². The highest BCUT2D eigenvalue weighted by molar-refractivity contribution is 8.00. The second kappa shape index (κ2) is 12.0. The molecule has 0 radical (unpaired) electrons. The molecule has 0 spiro atoms. The number of rotatable bonds is 9. The Morgan fingerprint density at radius 1 is 0.943 bits per heavy atom. The summed E-state index contributed by atoms with van der Waals surface area (Å²) in [7, 11) is 0. The van der Waals surface area contributed by atoms with Gasteiger partial charge < -0.3 is 15.7 Å². The van der Waals surface area contributed by atoms with Gasteiger partial charge in [-0.15, -0.1) is 11.8 Å². The van der Waals surface area contributed by atoms with Crippen molar-refractivity contribution in [3.8, 4) is 0 Å². The molecule has 0 fully saturated rings. The SMILES string of the molecule is CCc1cccc(C)c1NC(=O)C(Sc1ccc(NC(=O)/C=C(/C)C(=O)O)cc1)c1ccccc1. The number of carbonyl (C=O) groups excluding carboxylic acids is 2. The average Bonchev–Trinajstić information content (AvgIpc) is 2.85. The molecule has 3 rings (SSSR count). The van der Waals surface area contributed by atoms with Crippen molar-refractivity contribution < 1.29 is 19.5 Å². The van der Waals surface area contributed by atoms with Crippen molar-refractivity contribution in [1.82, 2.24) is 0 Å². The first-order valence-corrected chi connectivity index (χ1v) is 12.1. The first-order valence-electron chi connectivity index (χ1n) is 11.2. The molecular formula is C28H28N2O4S. The molecule has 0 aliphatic rings. The van der Waals surface area contributed by atoms with Crippen molar-refractivity contribution in [3.63, 3.8) is 0 Å².